The topological polar surface area (TPSA) is 78.2 Å². The van der Waals surface area contributed by atoms with Gasteiger partial charge in [0.25, 0.3) is 5.56 Å². The molecule has 1 aliphatic heterocycles. The van der Waals surface area contributed by atoms with Crippen LogP contribution in [0.3, 0.4) is 0 Å². The number of para-hydroxylation sites is 1. The average molecular weight is 340 g/mol. The Morgan fingerprint density at radius 3 is 3.00 bits per heavy atom. The first-order valence-corrected chi connectivity index (χ1v) is 8.46. The highest BCUT2D eigenvalue weighted by atomic mass is 16.5. The van der Waals surface area contributed by atoms with Gasteiger partial charge >= 0.3 is 0 Å². The molecule has 2 aromatic heterocycles. The maximum absolute atomic E-state index is 12.8. The number of carbonyl (C=O) groups excluding carboxylic acids is 1. The fourth-order valence-corrected chi connectivity index (χ4v) is 3.45. The Hall–Kier alpha value is -2.67. The van der Waals surface area contributed by atoms with E-state index in [1.807, 2.05) is 35.9 Å². The zero-order valence-corrected chi connectivity index (χ0v) is 14.1. The maximum atomic E-state index is 12.8. The molecule has 130 valence electrons. The number of rotatable bonds is 4. The van der Waals surface area contributed by atoms with Gasteiger partial charge in [0.2, 0.25) is 5.91 Å². The first-order chi connectivity index (χ1) is 12.1. The number of aromatic nitrogens is 3. The van der Waals surface area contributed by atoms with Crippen molar-refractivity contribution < 1.29 is 9.53 Å². The highest BCUT2D eigenvalue weighted by Gasteiger charge is 2.18. The summed E-state index contributed by atoms with van der Waals surface area (Å²) in [7, 11) is 1.86. The minimum absolute atomic E-state index is 0.0780. The van der Waals surface area contributed by atoms with Crippen molar-refractivity contribution in [2.24, 2.45) is 7.05 Å². The van der Waals surface area contributed by atoms with Crippen LogP contribution in [0, 0.1) is 0 Å². The molecule has 0 radical (unpaired) electrons. The molecular formula is C18H20N4O3. The number of nitrogens with zero attached hydrogens (tertiary/aromatic N) is 3. The number of amides is 1. The van der Waals surface area contributed by atoms with Crippen LogP contribution in [0.5, 0.6) is 0 Å². The van der Waals surface area contributed by atoms with E-state index in [1.165, 1.54) is 4.68 Å². The van der Waals surface area contributed by atoms with Gasteiger partial charge in [0, 0.05) is 36.5 Å². The Balaban J connectivity index is 1.61. The number of hydrogen-bond donors (Lipinski definition) is 1. The molecule has 3 heterocycles. The second-order valence-electron chi connectivity index (χ2n) is 6.38. The van der Waals surface area contributed by atoms with E-state index < -0.39 is 0 Å². The lowest BCUT2D eigenvalue weighted by molar-refractivity contribution is -0.122. The first-order valence-electron chi connectivity index (χ1n) is 8.46. The fourth-order valence-electron chi connectivity index (χ4n) is 3.45. The molecule has 7 nitrogen and oxygen atoms in total. The van der Waals surface area contributed by atoms with E-state index in [2.05, 4.69) is 10.4 Å². The molecule has 0 bridgehead atoms. The smallest absolute Gasteiger partial charge is 0.291 e. The number of nitrogens with one attached hydrogen (secondary N) is 1. The van der Waals surface area contributed by atoms with Gasteiger partial charge in [-0.2, -0.15) is 5.10 Å². The number of hydrogen-bond acceptors (Lipinski definition) is 4. The third-order valence-corrected chi connectivity index (χ3v) is 4.75. The zero-order chi connectivity index (χ0) is 17.4. The van der Waals surface area contributed by atoms with Crippen LogP contribution < -0.4 is 10.9 Å². The van der Waals surface area contributed by atoms with Gasteiger partial charge in [-0.3, -0.25) is 9.59 Å². The van der Waals surface area contributed by atoms with Crippen molar-refractivity contribution in [3.63, 3.8) is 0 Å². The molecule has 1 N–H and O–H groups in total. The van der Waals surface area contributed by atoms with E-state index in [1.54, 1.807) is 6.20 Å². The van der Waals surface area contributed by atoms with Crippen molar-refractivity contribution in [2.45, 2.75) is 25.5 Å². The van der Waals surface area contributed by atoms with Gasteiger partial charge in [0.15, 0.2) is 0 Å². The molecule has 1 atom stereocenters. The SMILES string of the molecule is Cn1c2ccccc2c2cnn(CC(=O)NC[C@@H]3CCCO3)c(=O)c21. The standard InChI is InChI=1S/C18H20N4O3/c1-21-15-7-3-2-6-13(15)14-10-20-22(18(24)17(14)21)11-16(23)19-9-12-5-4-8-25-12/h2-3,6-7,10,12H,4-5,8-9,11H2,1H3,(H,19,23)/t12-/m0/s1. The van der Waals surface area contributed by atoms with Crippen molar-refractivity contribution in [1.82, 2.24) is 19.7 Å². The van der Waals surface area contributed by atoms with E-state index in [4.69, 9.17) is 4.74 Å². The highest BCUT2D eigenvalue weighted by Crippen LogP contribution is 2.24. The molecule has 0 spiro atoms. The predicted octanol–water partition coefficient (Wildman–Crippen LogP) is 1.18. The summed E-state index contributed by atoms with van der Waals surface area (Å²) < 4.78 is 8.55. The lowest BCUT2D eigenvalue weighted by Crippen LogP contribution is -2.37. The molecule has 0 saturated carbocycles. The van der Waals surface area contributed by atoms with Crippen LogP contribution in [-0.4, -0.2) is 39.5 Å². The van der Waals surface area contributed by atoms with Gasteiger partial charge in [0.1, 0.15) is 12.1 Å². The van der Waals surface area contributed by atoms with Gasteiger partial charge in [-0.1, -0.05) is 18.2 Å². The van der Waals surface area contributed by atoms with Gasteiger partial charge in [-0.15, -0.1) is 0 Å². The van der Waals surface area contributed by atoms with E-state index in [0.29, 0.717) is 12.1 Å². The number of aryl methyl sites for hydroxylation is 1. The predicted molar refractivity (Wildman–Crippen MR) is 94.5 cm³/mol. The minimum atomic E-state index is -0.261. The summed E-state index contributed by atoms with van der Waals surface area (Å²) in [5, 5.41) is 8.80. The fraction of sp³-hybridized carbons (Fsp3) is 0.389. The first kappa shape index (κ1) is 15.8. The molecule has 3 aromatic rings. The van der Waals surface area contributed by atoms with Crippen LogP contribution >= 0.6 is 0 Å². The van der Waals surface area contributed by atoms with Crippen molar-refractivity contribution >= 4 is 27.7 Å². The van der Waals surface area contributed by atoms with Crippen LogP contribution in [0.15, 0.2) is 35.3 Å². The lowest BCUT2D eigenvalue weighted by atomic mass is 10.2. The quantitative estimate of drug-likeness (QED) is 0.774. The van der Waals surface area contributed by atoms with Crippen LogP contribution in [0.2, 0.25) is 0 Å². The molecule has 25 heavy (non-hydrogen) atoms. The zero-order valence-electron chi connectivity index (χ0n) is 14.1. The van der Waals surface area contributed by atoms with Crippen LogP contribution in [0.1, 0.15) is 12.8 Å². The summed E-state index contributed by atoms with van der Waals surface area (Å²) in [6.45, 7) is 1.13. The summed E-state index contributed by atoms with van der Waals surface area (Å²) in [6, 6.07) is 7.81. The molecule has 0 aliphatic carbocycles. The molecule has 4 rings (SSSR count). The Morgan fingerprint density at radius 1 is 1.36 bits per heavy atom. The number of ether oxygens (including phenoxy) is 1. The normalized spacial score (nSPS) is 17.4. The summed E-state index contributed by atoms with van der Waals surface area (Å²) in [6.07, 6.45) is 3.72. The summed E-state index contributed by atoms with van der Waals surface area (Å²) in [4.78, 5) is 24.9. The third-order valence-electron chi connectivity index (χ3n) is 4.75. The average Bonchev–Trinajstić information content (AvgIpc) is 3.23. The van der Waals surface area contributed by atoms with Crippen LogP contribution in [0.4, 0.5) is 0 Å². The number of carbonyl (C=O) groups is 1. The second-order valence-corrected chi connectivity index (χ2v) is 6.38. The van der Waals surface area contributed by atoms with E-state index in [0.717, 1.165) is 35.7 Å². The summed E-state index contributed by atoms with van der Waals surface area (Å²) in [5.74, 6) is -0.233. The van der Waals surface area contributed by atoms with Crippen molar-refractivity contribution in [2.75, 3.05) is 13.2 Å². The van der Waals surface area contributed by atoms with Gasteiger partial charge < -0.3 is 14.6 Å². The van der Waals surface area contributed by atoms with Gasteiger partial charge in [-0.05, 0) is 18.9 Å². The molecule has 1 aliphatic rings. The van der Waals surface area contributed by atoms with Crippen LogP contribution in [0.25, 0.3) is 21.8 Å². The van der Waals surface area contributed by atoms with Crippen molar-refractivity contribution in [3.05, 3.63) is 40.8 Å². The molecule has 7 heteroatoms. The van der Waals surface area contributed by atoms with E-state index >= 15 is 0 Å². The Kier molecular flexibility index (Phi) is 4.01. The molecule has 1 fully saturated rings. The van der Waals surface area contributed by atoms with Gasteiger partial charge in [0.05, 0.1) is 12.3 Å². The largest absolute Gasteiger partial charge is 0.376 e. The number of benzene rings is 1. The maximum Gasteiger partial charge on any atom is 0.291 e. The minimum Gasteiger partial charge on any atom is -0.376 e. The Labute approximate surface area is 144 Å². The van der Waals surface area contributed by atoms with E-state index in [9.17, 15) is 9.59 Å². The van der Waals surface area contributed by atoms with Gasteiger partial charge in [-0.25, -0.2) is 4.68 Å². The molecule has 1 aromatic carbocycles. The van der Waals surface area contributed by atoms with Crippen LogP contribution in [-0.2, 0) is 23.1 Å². The van der Waals surface area contributed by atoms with Crippen molar-refractivity contribution in [3.8, 4) is 0 Å². The summed E-state index contributed by atoms with van der Waals surface area (Å²) >= 11 is 0. The van der Waals surface area contributed by atoms with Crippen molar-refractivity contribution in [1.29, 1.82) is 0 Å². The second kappa shape index (κ2) is 6.33. The molecular weight excluding hydrogens is 320 g/mol. The molecule has 1 amide bonds. The van der Waals surface area contributed by atoms with E-state index in [-0.39, 0.29) is 24.1 Å². The Morgan fingerprint density at radius 2 is 2.20 bits per heavy atom. The molecule has 1 saturated heterocycles. The third kappa shape index (κ3) is 2.80. The monoisotopic (exact) mass is 340 g/mol. The summed E-state index contributed by atoms with van der Waals surface area (Å²) in [5.41, 5.74) is 1.27. The highest BCUT2D eigenvalue weighted by molar-refractivity contribution is 6.07. The molecule has 0 unspecified atom stereocenters. The number of fused-ring (bicyclic) bond motifs is 3. The lowest BCUT2D eigenvalue weighted by Gasteiger charge is -2.11. The Bertz CT molecular complexity index is 999.